The molecular weight excluding hydrogens is 445 g/mol. The molecule has 0 saturated heterocycles. The van der Waals surface area contributed by atoms with E-state index < -0.39 is 17.9 Å². The molecule has 3 atom stereocenters. The van der Waals surface area contributed by atoms with Crippen molar-refractivity contribution in [2.45, 2.75) is 57.1 Å². The van der Waals surface area contributed by atoms with Crippen LogP contribution in [0, 0.1) is 0 Å². The Morgan fingerprint density at radius 2 is 2.00 bits per heavy atom. The number of amides is 2. The van der Waals surface area contributed by atoms with Gasteiger partial charge in [0.25, 0.3) is 5.91 Å². The van der Waals surface area contributed by atoms with Gasteiger partial charge in [0, 0.05) is 35.8 Å². The molecule has 8 heteroatoms. The number of likely N-dealkylation sites (N-methyl/N-ethyl adjacent to an activating group) is 1. The van der Waals surface area contributed by atoms with Gasteiger partial charge in [-0.05, 0) is 56.6 Å². The summed E-state index contributed by atoms with van der Waals surface area (Å²) in [5, 5.41) is 14.6. The highest BCUT2D eigenvalue weighted by Gasteiger charge is 2.41. The molecule has 2 aliphatic heterocycles. The van der Waals surface area contributed by atoms with Gasteiger partial charge >= 0.3 is 0 Å². The molecule has 0 bridgehead atoms. The highest BCUT2D eigenvalue weighted by molar-refractivity contribution is 6.31. The number of halogens is 2. The molecule has 2 amide bonds. The van der Waals surface area contributed by atoms with Crippen LogP contribution in [-0.4, -0.2) is 58.3 Å². The van der Waals surface area contributed by atoms with Crippen molar-refractivity contribution in [3.05, 3.63) is 64.2 Å². The number of carbonyl (C=O) groups is 2. The highest BCUT2D eigenvalue weighted by atomic mass is 35.5. The number of nitrogens with zero attached hydrogens (tertiary/aromatic N) is 2. The van der Waals surface area contributed by atoms with Crippen LogP contribution in [0.2, 0.25) is 5.02 Å². The highest BCUT2D eigenvalue weighted by Crippen LogP contribution is 2.35. The Morgan fingerprint density at radius 3 is 2.73 bits per heavy atom. The largest absolute Gasteiger partial charge is 0.376 e. The summed E-state index contributed by atoms with van der Waals surface area (Å²) >= 11 is 6.07. The molecule has 0 radical (unpaired) electrons. The standard InChI is InChI=1S/C25H29ClFN3O3/c1-25(2,27)13-21(30-14-15-8-9-16(26)12-19(15)23(30)32)24(33)29(3)11-10-18-17-6-4-5-7-20(17)28-22(18)31/h4-9,12,18,21,24,33H,10-11,13-14H2,1-3H3,(H,28,31)/t18-,21+,24?/m1/s1. The van der Waals surface area contributed by atoms with Crippen molar-refractivity contribution in [1.29, 1.82) is 0 Å². The van der Waals surface area contributed by atoms with Crippen molar-refractivity contribution < 1.29 is 19.1 Å². The van der Waals surface area contributed by atoms with Gasteiger partial charge in [-0.1, -0.05) is 35.9 Å². The average molecular weight is 474 g/mol. The fraction of sp³-hybridized carbons (Fsp3) is 0.440. The van der Waals surface area contributed by atoms with E-state index in [-0.39, 0.29) is 30.7 Å². The third-order valence-corrected chi connectivity index (χ3v) is 6.71. The van der Waals surface area contributed by atoms with E-state index >= 15 is 0 Å². The molecule has 2 aliphatic rings. The van der Waals surface area contributed by atoms with Crippen molar-refractivity contribution in [3.8, 4) is 0 Å². The van der Waals surface area contributed by atoms with Crippen molar-refractivity contribution in [2.24, 2.45) is 0 Å². The third-order valence-electron chi connectivity index (χ3n) is 6.48. The lowest BCUT2D eigenvalue weighted by atomic mass is 9.95. The van der Waals surface area contributed by atoms with Crippen LogP contribution in [0.3, 0.4) is 0 Å². The molecule has 33 heavy (non-hydrogen) atoms. The van der Waals surface area contributed by atoms with Gasteiger partial charge in [0.2, 0.25) is 5.91 Å². The van der Waals surface area contributed by atoms with Crippen molar-refractivity contribution in [3.63, 3.8) is 0 Å². The second-order valence-corrected chi connectivity index (χ2v) is 9.97. The maximum Gasteiger partial charge on any atom is 0.254 e. The molecule has 2 heterocycles. The zero-order valence-corrected chi connectivity index (χ0v) is 19.8. The molecule has 0 fully saturated rings. The maximum absolute atomic E-state index is 14.7. The first-order chi connectivity index (χ1) is 15.5. The van der Waals surface area contributed by atoms with Crippen LogP contribution in [0.25, 0.3) is 0 Å². The fourth-order valence-electron chi connectivity index (χ4n) is 4.76. The Labute approximate surface area is 198 Å². The second-order valence-electron chi connectivity index (χ2n) is 9.54. The second kappa shape index (κ2) is 9.05. The van der Waals surface area contributed by atoms with E-state index in [2.05, 4.69) is 5.32 Å². The van der Waals surface area contributed by atoms with Crippen LogP contribution in [-0.2, 0) is 11.3 Å². The molecule has 2 aromatic rings. The number of alkyl halides is 1. The number of nitrogens with one attached hydrogen (secondary N) is 1. The van der Waals surface area contributed by atoms with E-state index in [0.29, 0.717) is 23.6 Å². The van der Waals surface area contributed by atoms with Gasteiger partial charge < -0.3 is 15.3 Å². The first kappa shape index (κ1) is 23.7. The summed E-state index contributed by atoms with van der Waals surface area (Å²) in [4.78, 5) is 28.8. The number of para-hydroxylation sites is 1. The smallest absolute Gasteiger partial charge is 0.254 e. The summed E-state index contributed by atoms with van der Waals surface area (Å²) in [5.41, 5.74) is 1.45. The summed E-state index contributed by atoms with van der Waals surface area (Å²) in [6, 6.07) is 11.9. The molecule has 2 N–H and O–H groups in total. The summed E-state index contributed by atoms with van der Waals surface area (Å²) in [7, 11) is 1.73. The van der Waals surface area contributed by atoms with Crippen LogP contribution in [0.5, 0.6) is 0 Å². The molecule has 0 aliphatic carbocycles. The van der Waals surface area contributed by atoms with Gasteiger partial charge in [0.15, 0.2) is 0 Å². The minimum Gasteiger partial charge on any atom is -0.376 e. The van der Waals surface area contributed by atoms with Crippen LogP contribution < -0.4 is 5.32 Å². The maximum atomic E-state index is 14.7. The molecule has 1 unspecified atom stereocenters. The number of anilines is 1. The fourth-order valence-corrected chi connectivity index (χ4v) is 4.93. The van der Waals surface area contributed by atoms with Gasteiger partial charge in [0.1, 0.15) is 11.9 Å². The molecule has 2 aromatic carbocycles. The quantitative estimate of drug-likeness (QED) is 0.564. The minimum absolute atomic E-state index is 0.0291. The van der Waals surface area contributed by atoms with Crippen LogP contribution in [0.1, 0.15) is 54.1 Å². The lowest BCUT2D eigenvalue weighted by Gasteiger charge is -2.38. The monoisotopic (exact) mass is 473 g/mol. The lowest BCUT2D eigenvalue weighted by molar-refractivity contribution is -0.117. The topological polar surface area (TPSA) is 72.9 Å². The van der Waals surface area contributed by atoms with Crippen molar-refractivity contribution >= 4 is 29.1 Å². The number of rotatable bonds is 8. The predicted molar refractivity (Wildman–Crippen MR) is 126 cm³/mol. The number of aliphatic hydroxyl groups excluding tert-OH is 1. The van der Waals surface area contributed by atoms with Gasteiger partial charge in [-0.3, -0.25) is 14.5 Å². The van der Waals surface area contributed by atoms with E-state index in [1.54, 1.807) is 30.1 Å². The normalized spacial score (nSPS) is 19.5. The summed E-state index contributed by atoms with van der Waals surface area (Å²) in [6.45, 7) is 3.57. The first-order valence-electron chi connectivity index (χ1n) is 11.1. The van der Waals surface area contributed by atoms with Gasteiger partial charge in [-0.15, -0.1) is 0 Å². The Morgan fingerprint density at radius 1 is 1.27 bits per heavy atom. The molecule has 0 aromatic heterocycles. The van der Waals surface area contributed by atoms with E-state index in [1.807, 2.05) is 24.3 Å². The van der Waals surface area contributed by atoms with E-state index in [1.165, 1.54) is 18.7 Å². The predicted octanol–water partition coefficient (Wildman–Crippen LogP) is 4.18. The Balaban J connectivity index is 1.49. The van der Waals surface area contributed by atoms with Crippen LogP contribution in [0.15, 0.2) is 42.5 Å². The zero-order chi connectivity index (χ0) is 23.9. The number of carbonyl (C=O) groups excluding carboxylic acids is 2. The summed E-state index contributed by atoms with van der Waals surface area (Å²) < 4.78 is 14.7. The molecule has 176 valence electrons. The Kier molecular flexibility index (Phi) is 6.49. The number of fused-ring (bicyclic) bond motifs is 2. The van der Waals surface area contributed by atoms with Crippen molar-refractivity contribution in [1.82, 2.24) is 9.80 Å². The lowest BCUT2D eigenvalue weighted by Crippen LogP contribution is -2.53. The molecular formula is C25H29ClFN3O3. The number of hydrogen-bond donors (Lipinski definition) is 2. The minimum atomic E-state index is -1.59. The first-order valence-corrected chi connectivity index (χ1v) is 11.5. The number of aliphatic hydroxyl groups is 1. The molecule has 0 saturated carbocycles. The Hall–Kier alpha value is -2.48. The van der Waals surface area contributed by atoms with E-state index in [9.17, 15) is 19.1 Å². The third kappa shape index (κ3) is 4.90. The van der Waals surface area contributed by atoms with Gasteiger partial charge in [-0.2, -0.15) is 0 Å². The van der Waals surface area contributed by atoms with Gasteiger partial charge in [-0.25, -0.2) is 4.39 Å². The summed E-state index contributed by atoms with van der Waals surface area (Å²) in [5.74, 6) is -0.646. The van der Waals surface area contributed by atoms with Crippen molar-refractivity contribution in [2.75, 3.05) is 18.9 Å². The molecule has 4 rings (SSSR count). The number of hydrogen-bond acceptors (Lipinski definition) is 4. The average Bonchev–Trinajstić information content (AvgIpc) is 3.25. The summed E-state index contributed by atoms with van der Waals surface area (Å²) in [6.07, 6.45) is -0.640. The zero-order valence-electron chi connectivity index (χ0n) is 19.0. The van der Waals surface area contributed by atoms with Crippen LogP contribution >= 0.6 is 11.6 Å². The van der Waals surface area contributed by atoms with E-state index in [0.717, 1.165) is 16.8 Å². The van der Waals surface area contributed by atoms with Crippen LogP contribution in [0.4, 0.5) is 10.1 Å². The van der Waals surface area contributed by atoms with E-state index in [4.69, 9.17) is 11.6 Å². The molecule has 0 spiro atoms. The number of benzene rings is 2. The SMILES string of the molecule is CN(CC[C@H]1C(=O)Nc2ccccc21)C(O)[C@H](CC(C)(C)F)N1Cc2ccc(Cl)cc2C1=O. The Bertz CT molecular complexity index is 1070. The molecule has 6 nitrogen and oxygen atoms in total. The van der Waals surface area contributed by atoms with Gasteiger partial charge in [0.05, 0.1) is 12.0 Å².